The SMILES string of the molecule is C=CCO[C@H](c1ccnc2ccccc12)[C@@H]1C[C@@H]2CC[N@@+]1(Cc1ccc(F)c(F)c1F)C[C@@H]2C=C. The van der Waals surface area contributed by atoms with Crippen LogP contribution in [0.4, 0.5) is 13.2 Å². The van der Waals surface area contributed by atoms with Crippen LogP contribution < -0.4 is 0 Å². The largest absolute Gasteiger partial charge is 0.363 e. The molecular weight excluding hydrogens is 449 g/mol. The first-order chi connectivity index (χ1) is 17.0. The van der Waals surface area contributed by atoms with Crippen molar-refractivity contribution >= 4 is 10.9 Å². The summed E-state index contributed by atoms with van der Waals surface area (Å²) in [5.74, 6) is -2.95. The van der Waals surface area contributed by atoms with Crippen LogP contribution in [0, 0.1) is 29.3 Å². The van der Waals surface area contributed by atoms with Gasteiger partial charge in [0.1, 0.15) is 18.7 Å². The zero-order valence-corrected chi connectivity index (χ0v) is 19.7. The van der Waals surface area contributed by atoms with Gasteiger partial charge in [-0.3, -0.25) is 4.98 Å². The molecular formula is C29H30F3N2O+. The molecule has 0 amide bonds. The first kappa shape index (κ1) is 23.8. The van der Waals surface area contributed by atoms with E-state index in [0.717, 1.165) is 48.5 Å². The van der Waals surface area contributed by atoms with Crippen molar-refractivity contribution in [2.24, 2.45) is 11.8 Å². The Morgan fingerprint density at radius 2 is 1.91 bits per heavy atom. The number of piperidine rings is 3. The van der Waals surface area contributed by atoms with Gasteiger partial charge in [-0.15, -0.1) is 13.2 Å². The lowest BCUT2D eigenvalue weighted by atomic mass is 9.71. The first-order valence-electron chi connectivity index (χ1n) is 12.1. The molecule has 5 atom stereocenters. The summed E-state index contributed by atoms with van der Waals surface area (Å²) in [6.07, 6.45) is 7.09. The summed E-state index contributed by atoms with van der Waals surface area (Å²) in [4.78, 5) is 4.52. The number of quaternary nitrogens is 1. The van der Waals surface area contributed by atoms with E-state index in [2.05, 4.69) is 18.1 Å². The number of ether oxygens (including phenoxy) is 1. The summed E-state index contributed by atoms with van der Waals surface area (Å²) in [7, 11) is 0. The zero-order valence-electron chi connectivity index (χ0n) is 19.7. The quantitative estimate of drug-likeness (QED) is 0.209. The molecule has 182 valence electrons. The second-order valence-electron chi connectivity index (χ2n) is 9.83. The maximum absolute atomic E-state index is 14.9. The molecule has 0 unspecified atom stereocenters. The smallest absolute Gasteiger partial charge is 0.194 e. The van der Waals surface area contributed by atoms with Crippen LogP contribution in [0.15, 0.2) is 74.0 Å². The summed E-state index contributed by atoms with van der Waals surface area (Å²) >= 11 is 0. The van der Waals surface area contributed by atoms with Crippen molar-refractivity contribution < 1.29 is 22.4 Å². The second kappa shape index (κ2) is 9.59. The highest BCUT2D eigenvalue weighted by Gasteiger charge is 2.55. The molecule has 2 bridgehead atoms. The molecule has 6 rings (SSSR count). The number of fused-ring (bicyclic) bond motifs is 4. The summed E-state index contributed by atoms with van der Waals surface area (Å²) in [5.41, 5.74) is 2.11. The first-order valence-corrected chi connectivity index (χ1v) is 12.1. The van der Waals surface area contributed by atoms with Gasteiger partial charge < -0.3 is 9.22 Å². The Morgan fingerprint density at radius 1 is 1.09 bits per heavy atom. The van der Waals surface area contributed by atoms with Gasteiger partial charge in [0.2, 0.25) is 0 Å². The minimum absolute atomic E-state index is 0.00298. The van der Waals surface area contributed by atoms with Crippen molar-refractivity contribution in [1.82, 2.24) is 4.98 Å². The molecule has 2 aromatic carbocycles. The summed E-state index contributed by atoms with van der Waals surface area (Å²) in [6.45, 7) is 10.1. The van der Waals surface area contributed by atoms with Gasteiger partial charge in [-0.2, -0.15) is 0 Å². The van der Waals surface area contributed by atoms with Crippen LogP contribution in [0.3, 0.4) is 0 Å². The Bertz CT molecular complexity index is 1260. The lowest BCUT2D eigenvalue weighted by Crippen LogP contribution is -2.67. The highest BCUT2D eigenvalue weighted by atomic mass is 19.2. The summed E-state index contributed by atoms with van der Waals surface area (Å²) in [6, 6.07) is 12.4. The Balaban J connectivity index is 1.62. The topological polar surface area (TPSA) is 22.1 Å². The number of hydrogen-bond donors (Lipinski definition) is 0. The van der Waals surface area contributed by atoms with Crippen LogP contribution in [0.1, 0.15) is 30.1 Å². The fraction of sp³-hybridized carbons (Fsp3) is 0.345. The molecule has 3 nitrogen and oxygen atoms in total. The van der Waals surface area contributed by atoms with E-state index in [4.69, 9.17) is 4.74 Å². The van der Waals surface area contributed by atoms with E-state index in [9.17, 15) is 13.2 Å². The van der Waals surface area contributed by atoms with E-state index in [1.807, 2.05) is 36.4 Å². The maximum atomic E-state index is 14.9. The molecule has 3 aromatic rings. The van der Waals surface area contributed by atoms with Crippen LogP contribution in [0.2, 0.25) is 0 Å². The van der Waals surface area contributed by atoms with Crippen molar-refractivity contribution in [3.05, 3.63) is 103 Å². The van der Waals surface area contributed by atoms with Gasteiger partial charge in [0.05, 0.1) is 25.2 Å². The van der Waals surface area contributed by atoms with Crippen LogP contribution in [-0.4, -0.2) is 35.2 Å². The van der Waals surface area contributed by atoms with E-state index < -0.39 is 17.5 Å². The zero-order chi connectivity index (χ0) is 24.6. The number of pyridine rings is 1. The molecule has 0 saturated carbocycles. The number of hydrogen-bond acceptors (Lipinski definition) is 2. The molecule has 0 aliphatic carbocycles. The van der Waals surface area contributed by atoms with Gasteiger partial charge in [-0.05, 0) is 35.7 Å². The Labute approximate surface area is 204 Å². The fourth-order valence-corrected chi connectivity index (χ4v) is 6.34. The summed E-state index contributed by atoms with van der Waals surface area (Å²) in [5, 5.41) is 1.02. The lowest BCUT2D eigenvalue weighted by molar-refractivity contribution is -0.985. The van der Waals surface area contributed by atoms with E-state index in [1.165, 1.54) is 6.07 Å². The van der Waals surface area contributed by atoms with E-state index in [1.54, 1.807) is 12.3 Å². The van der Waals surface area contributed by atoms with Crippen molar-refractivity contribution in [3.8, 4) is 0 Å². The third-order valence-electron chi connectivity index (χ3n) is 8.01. The number of halogens is 3. The molecule has 35 heavy (non-hydrogen) atoms. The standard InChI is InChI=1S/C29H30F3N2O/c1-3-15-35-29(23-11-13-33-25-8-6-5-7-22(23)25)26-16-20-12-14-34(26,17-19(20)4-2)18-21-9-10-24(30)28(32)27(21)31/h3-11,13,19-20,26,29H,1-2,12,14-18H2/q+1/t19-,20-,26-,29+,34-/m0/s1. The van der Waals surface area contributed by atoms with Gasteiger partial charge in [-0.1, -0.05) is 30.4 Å². The number of nitrogens with zero attached hydrogens (tertiary/aromatic N) is 2. The third kappa shape index (κ3) is 4.19. The Hall–Kier alpha value is -2.96. The van der Waals surface area contributed by atoms with E-state index >= 15 is 0 Å². The van der Waals surface area contributed by atoms with Gasteiger partial charge in [-0.25, -0.2) is 13.2 Å². The lowest BCUT2D eigenvalue weighted by Gasteiger charge is -2.58. The molecule has 6 heteroatoms. The average molecular weight is 480 g/mol. The third-order valence-corrected chi connectivity index (χ3v) is 8.01. The molecule has 0 spiro atoms. The van der Waals surface area contributed by atoms with Crippen molar-refractivity contribution in [2.45, 2.75) is 31.5 Å². The van der Waals surface area contributed by atoms with Crippen LogP contribution >= 0.6 is 0 Å². The Kier molecular flexibility index (Phi) is 6.51. The number of rotatable bonds is 8. The van der Waals surface area contributed by atoms with Crippen molar-refractivity contribution in [3.63, 3.8) is 0 Å². The second-order valence-corrected chi connectivity index (χ2v) is 9.83. The monoisotopic (exact) mass is 479 g/mol. The molecule has 0 N–H and O–H groups in total. The normalized spacial score (nSPS) is 26.5. The average Bonchev–Trinajstić information content (AvgIpc) is 2.89. The maximum Gasteiger partial charge on any atom is 0.194 e. The van der Waals surface area contributed by atoms with Crippen LogP contribution in [0.5, 0.6) is 0 Å². The molecule has 4 heterocycles. The van der Waals surface area contributed by atoms with Gasteiger partial charge in [0.25, 0.3) is 0 Å². The molecule has 3 aliphatic heterocycles. The van der Waals surface area contributed by atoms with E-state index in [0.29, 0.717) is 17.0 Å². The minimum atomic E-state index is -1.41. The predicted octanol–water partition coefficient (Wildman–Crippen LogP) is 6.51. The summed E-state index contributed by atoms with van der Waals surface area (Å²) < 4.78 is 49.7. The Morgan fingerprint density at radius 3 is 2.71 bits per heavy atom. The van der Waals surface area contributed by atoms with Gasteiger partial charge in [0.15, 0.2) is 17.5 Å². The molecule has 0 radical (unpaired) electrons. The fourth-order valence-electron chi connectivity index (χ4n) is 6.34. The number of benzene rings is 2. The van der Waals surface area contributed by atoms with Gasteiger partial charge in [0, 0.05) is 35.9 Å². The molecule has 3 aliphatic rings. The van der Waals surface area contributed by atoms with Crippen LogP contribution in [-0.2, 0) is 11.3 Å². The number of aromatic nitrogens is 1. The predicted molar refractivity (Wildman–Crippen MR) is 131 cm³/mol. The van der Waals surface area contributed by atoms with Crippen molar-refractivity contribution in [2.75, 3.05) is 19.7 Å². The number of para-hydroxylation sites is 1. The minimum Gasteiger partial charge on any atom is -0.363 e. The molecule has 1 aromatic heterocycles. The van der Waals surface area contributed by atoms with E-state index in [-0.39, 0.29) is 30.2 Å². The molecule has 3 fully saturated rings. The van der Waals surface area contributed by atoms with Crippen LogP contribution in [0.25, 0.3) is 10.9 Å². The highest BCUT2D eigenvalue weighted by molar-refractivity contribution is 5.82. The highest BCUT2D eigenvalue weighted by Crippen LogP contribution is 2.49. The molecule has 3 saturated heterocycles. The van der Waals surface area contributed by atoms with Gasteiger partial charge >= 0.3 is 0 Å². The van der Waals surface area contributed by atoms with Crippen molar-refractivity contribution in [1.29, 1.82) is 0 Å².